The predicted octanol–water partition coefficient (Wildman–Crippen LogP) is -1.01. The van der Waals surface area contributed by atoms with Crippen molar-refractivity contribution in [3.05, 3.63) is 0 Å². The fourth-order valence-electron chi connectivity index (χ4n) is 1.09. The number of hydrogen-bond acceptors (Lipinski definition) is 4. The second-order valence-electron chi connectivity index (χ2n) is 3.53. The van der Waals surface area contributed by atoms with Crippen LogP contribution < -0.4 is 16.4 Å². The number of hydrogen-bond donors (Lipinski definition) is 3. The van der Waals surface area contributed by atoms with Crippen LogP contribution in [0.15, 0.2) is 0 Å². The Kier molecular flexibility index (Phi) is 8.46. The number of carbonyl (C=O) groups is 2. The van der Waals surface area contributed by atoms with Gasteiger partial charge in [-0.2, -0.15) is 0 Å². The molecule has 0 aromatic carbocycles. The molecule has 2 amide bonds. The lowest BCUT2D eigenvalue weighted by molar-refractivity contribution is -0.123. The molecule has 0 rings (SSSR count). The molecule has 0 aliphatic carbocycles. The van der Waals surface area contributed by atoms with E-state index in [9.17, 15) is 9.59 Å². The summed E-state index contributed by atoms with van der Waals surface area (Å²) >= 11 is 0. The van der Waals surface area contributed by atoms with Gasteiger partial charge in [0.2, 0.25) is 11.8 Å². The van der Waals surface area contributed by atoms with Crippen LogP contribution in [0.5, 0.6) is 0 Å². The molecule has 1 atom stereocenters. The van der Waals surface area contributed by atoms with Crippen LogP contribution in [0.1, 0.15) is 19.8 Å². The zero-order chi connectivity index (χ0) is 12.4. The third-order valence-corrected chi connectivity index (χ3v) is 2.04. The molecule has 4 N–H and O–H groups in total. The molecule has 0 aromatic rings. The van der Waals surface area contributed by atoms with Crippen LogP contribution >= 0.6 is 0 Å². The first kappa shape index (κ1) is 14.9. The second kappa shape index (κ2) is 9.11. The number of rotatable bonds is 9. The van der Waals surface area contributed by atoms with Gasteiger partial charge in [-0.25, -0.2) is 0 Å². The molecule has 0 aliphatic heterocycles. The lowest BCUT2D eigenvalue weighted by Crippen LogP contribution is -2.43. The molecular weight excluding hydrogens is 210 g/mol. The number of nitrogens with one attached hydrogen (secondary N) is 2. The third-order valence-electron chi connectivity index (χ3n) is 2.04. The SMILES string of the molecule is COCCCNC(=O)C(C)NCCC(N)=O. The number of nitrogens with two attached hydrogens (primary N) is 1. The van der Waals surface area contributed by atoms with Crippen LogP contribution in [0.3, 0.4) is 0 Å². The van der Waals surface area contributed by atoms with E-state index in [0.717, 1.165) is 6.42 Å². The van der Waals surface area contributed by atoms with Crippen molar-refractivity contribution in [2.75, 3.05) is 26.8 Å². The first-order valence-corrected chi connectivity index (χ1v) is 5.36. The fourth-order valence-corrected chi connectivity index (χ4v) is 1.09. The highest BCUT2D eigenvalue weighted by atomic mass is 16.5. The van der Waals surface area contributed by atoms with Crippen molar-refractivity contribution in [2.24, 2.45) is 5.73 Å². The van der Waals surface area contributed by atoms with Crippen LogP contribution in [0.25, 0.3) is 0 Å². The Morgan fingerprint density at radius 2 is 2.06 bits per heavy atom. The highest BCUT2D eigenvalue weighted by Crippen LogP contribution is 1.85. The Morgan fingerprint density at radius 3 is 2.62 bits per heavy atom. The summed E-state index contributed by atoms with van der Waals surface area (Å²) in [6.07, 6.45) is 1.03. The molecule has 1 unspecified atom stereocenters. The minimum atomic E-state index is -0.375. The summed E-state index contributed by atoms with van der Waals surface area (Å²) in [7, 11) is 1.62. The highest BCUT2D eigenvalue weighted by molar-refractivity contribution is 5.81. The molecule has 0 radical (unpaired) electrons. The Bertz CT molecular complexity index is 221. The summed E-state index contributed by atoms with van der Waals surface area (Å²) in [4.78, 5) is 21.9. The number of ether oxygens (including phenoxy) is 1. The molecule has 16 heavy (non-hydrogen) atoms. The van der Waals surface area contributed by atoms with E-state index in [1.807, 2.05) is 0 Å². The van der Waals surface area contributed by atoms with E-state index < -0.39 is 0 Å². The van der Waals surface area contributed by atoms with Gasteiger partial charge in [-0.05, 0) is 13.3 Å². The monoisotopic (exact) mass is 231 g/mol. The number of methoxy groups -OCH3 is 1. The van der Waals surface area contributed by atoms with Gasteiger partial charge in [0.25, 0.3) is 0 Å². The predicted molar refractivity (Wildman–Crippen MR) is 60.8 cm³/mol. The maximum atomic E-state index is 11.5. The Hall–Kier alpha value is -1.14. The Labute approximate surface area is 95.9 Å². The molecule has 0 heterocycles. The molecule has 0 saturated carbocycles. The van der Waals surface area contributed by atoms with Crippen LogP contribution in [-0.2, 0) is 14.3 Å². The molecule has 6 heteroatoms. The summed E-state index contributed by atoms with van der Waals surface area (Å²) < 4.78 is 4.86. The standard InChI is InChI=1S/C10H21N3O3/c1-8(12-6-4-9(11)14)10(15)13-5-3-7-16-2/h8,12H,3-7H2,1-2H3,(H2,11,14)(H,13,15). The van der Waals surface area contributed by atoms with Gasteiger partial charge in [-0.15, -0.1) is 0 Å². The molecule has 0 spiro atoms. The first-order chi connectivity index (χ1) is 7.57. The highest BCUT2D eigenvalue weighted by Gasteiger charge is 2.10. The van der Waals surface area contributed by atoms with Gasteiger partial charge in [0.05, 0.1) is 6.04 Å². The maximum Gasteiger partial charge on any atom is 0.236 e. The topological polar surface area (TPSA) is 93.4 Å². The van der Waals surface area contributed by atoms with Crippen LogP contribution in [0, 0.1) is 0 Å². The smallest absolute Gasteiger partial charge is 0.236 e. The van der Waals surface area contributed by atoms with Crippen molar-refractivity contribution in [3.8, 4) is 0 Å². The van der Waals surface area contributed by atoms with Gasteiger partial charge in [0.15, 0.2) is 0 Å². The first-order valence-electron chi connectivity index (χ1n) is 5.36. The molecule has 6 nitrogen and oxygen atoms in total. The number of primary amides is 1. The maximum absolute atomic E-state index is 11.5. The Balaban J connectivity index is 3.53. The summed E-state index contributed by atoms with van der Waals surface area (Å²) in [5, 5.41) is 5.67. The van der Waals surface area contributed by atoms with Crippen molar-refractivity contribution in [1.82, 2.24) is 10.6 Å². The van der Waals surface area contributed by atoms with Crippen molar-refractivity contribution in [2.45, 2.75) is 25.8 Å². The number of carbonyl (C=O) groups excluding carboxylic acids is 2. The van der Waals surface area contributed by atoms with E-state index in [0.29, 0.717) is 19.7 Å². The molecule has 0 saturated heterocycles. The van der Waals surface area contributed by atoms with Crippen molar-refractivity contribution >= 4 is 11.8 Å². The molecule has 94 valence electrons. The van der Waals surface area contributed by atoms with Gasteiger partial charge < -0.3 is 21.1 Å². The average Bonchev–Trinajstić information content (AvgIpc) is 2.23. The summed E-state index contributed by atoms with van der Waals surface area (Å²) in [6, 6.07) is -0.318. The fraction of sp³-hybridized carbons (Fsp3) is 0.800. The van der Waals surface area contributed by atoms with Gasteiger partial charge in [-0.1, -0.05) is 0 Å². The summed E-state index contributed by atoms with van der Waals surface area (Å²) in [5.74, 6) is -0.458. The van der Waals surface area contributed by atoms with E-state index in [1.54, 1.807) is 14.0 Å². The summed E-state index contributed by atoms with van der Waals surface area (Å²) in [6.45, 7) is 3.38. The average molecular weight is 231 g/mol. The van der Waals surface area contributed by atoms with Gasteiger partial charge in [0, 0.05) is 33.2 Å². The van der Waals surface area contributed by atoms with E-state index in [-0.39, 0.29) is 24.3 Å². The molecule has 0 aliphatic rings. The van der Waals surface area contributed by atoms with Gasteiger partial charge >= 0.3 is 0 Å². The van der Waals surface area contributed by atoms with E-state index in [2.05, 4.69) is 10.6 Å². The second-order valence-corrected chi connectivity index (χ2v) is 3.53. The Morgan fingerprint density at radius 1 is 1.38 bits per heavy atom. The zero-order valence-electron chi connectivity index (χ0n) is 9.91. The van der Waals surface area contributed by atoms with Gasteiger partial charge in [0.1, 0.15) is 0 Å². The minimum absolute atomic E-state index is 0.0828. The van der Waals surface area contributed by atoms with Crippen molar-refractivity contribution in [1.29, 1.82) is 0 Å². The van der Waals surface area contributed by atoms with Crippen molar-refractivity contribution < 1.29 is 14.3 Å². The van der Waals surface area contributed by atoms with Crippen LogP contribution in [0.4, 0.5) is 0 Å². The van der Waals surface area contributed by atoms with E-state index in [1.165, 1.54) is 0 Å². The third kappa shape index (κ3) is 8.19. The quantitative estimate of drug-likeness (QED) is 0.443. The van der Waals surface area contributed by atoms with E-state index in [4.69, 9.17) is 10.5 Å². The largest absolute Gasteiger partial charge is 0.385 e. The zero-order valence-corrected chi connectivity index (χ0v) is 9.91. The normalized spacial score (nSPS) is 12.1. The lowest BCUT2D eigenvalue weighted by atomic mass is 10.3. The van der Waals surface area contributed by atoms with Crippen molar-refractivity contribution in [3.63, 3.8) is 0 Å². The minimum Gasteiger partial charge on any atom is -0.385 e. The number of amides is 2. The van der Waals surface area contributed by atoms with E-state index >= 15 is 0 Å². The molecule has 0 bridgehead atoms. The van der Waals surface area contributed by atoms with Gasteiger partial charge in [-0.3, -0.25) is 9.59 Å². The van der Waals surface area contributed by atoms with Crippen LogP contribution in [0.2, 0.25) is 0 Å². The lowest BCUT2D eigenvalue weighted by Gasteiger charge is -2.13. The molecular formula is C10H21N3O3. The molecule has 0 aromatic heterocycles. The van der Waals surface area contributed by atoms with Crippen LogP contribution in [-0.4, -0.2) is 44.7 Å². The summed E-state index contributed by atoms with van der Waals surface area (Å²) in [5.41, 5.74) is 4.97. The molecule has 0 fully saturated rings.